The molecule has 3 aromatic rings. The van der Waals surface area contributed by atoms with Crippen LogP contribution in [0.5, 0.6) is 5.75 Å². The summed E-state index contributed by atoms with van der Waals surface area (Å²) in [6, 6.07) is 18.7. The molecule has 1 aromatic heterocycles. The van der Waals surface area contributed by atoms with Gasteiger partial charge in [0.1, 0.15) is 11.6 Å². The van der Waals surface area contributed by atoms with E-state index in [1.165, 1.54) is 17.9 Å². The lowest BCUT2D eigenvalue weighted by Crippen LogP contribution is -2.46. The van der Waals surface area contributed by atoms with Crippen molar-refractivity contribution in [2.24, 2.45) is 5.92 Å². The van der Waals surface area contributed by atoms with Crippen LogP contribution in [0.25, 0.3) is 0 Å². The number of likely N-dealkylation sites (tertiary alicyclic amines) is 1. The van der Waals surface area contributed by atoms with Crippen LogP contribution in [0.2, 0.25) is 0 Å². The average Bonchev–Trinajstić information content (AvgIpc) is 3.44. The molecule has 1 amide bonds. The molecule has 1 atom stereocenters. The van der Waals surface area contributed by atoms with Crippen LogP contribution < -0.4 is 9.64 Å². The standard InChI is InChI=1S/C28H32FN3O3/c29-25-9-1-2-10-26(25)31-15-13-30(14-16-31)19-22-6-3-8-24(18-22)35-21-23-7-4-12-32(20-23)28(33)27-11-5-17-34-27/h1-3,5-6,8-11,17-18,23H,4,7,12-16,19-21H2. The third-order valence-corrected chi connectivity index (χ3v) is 6.89. The van der Waals surface area contributed by atoms with Crippen molar-refractivity contribution in [2.75, 3.05) is 50.8 Å². The fourth-order valence-corrected chi connectivity index (χ4v) is 5.00. The van der Waals surface area contributed by atoms with Gasteiger partial charge in [0.15, 0.2) is 5.76 Å². The third-order valence-electron chi connectivity index (χ3n) is 6.89. The number of halogens is 1. The number of piperazine rings is 1. The lowest BCUT2D eigenvalue weighted by Gasteiger charge is -2.36. The van der Waals surface area contributed by atoms with Gasteiger partial charge in [-0.05, 0) is 54.8 Å². The number of piperidine rings is 1. The Hall–Kier alpha value is -3.32. The molecule has 2 aliphatic heterocycles. The number of rotatable bonds is 7. The second-order valence-corrected chi connectivity index (χ2v) is 9.41. The van der Waals surface area contributed by atoms with Gasteiger partial charge in [-0.25, -0.2) is 4.39 Å². The van der Waals surface area contributed by atoms with Gasteiger partial charge in [0, 0.05) is 51.7 Å². The van der Waals surface area contributed by atoms with E-state index in [4.69, 9.17) is 9.15 Å². The van der Waals surface area contributed by atoms with Crippen molar-refractivity contribution in [3.8, 4) is 5.75 Å². The van der Waals surface area contributed by atoms with Crippen molar-refractivity contribution in [2.45, 2.75) is 19.4 Å². The van der Waals surface area contributed by atoms with Crippen LogP contribution in [0, 0.1) is 11.7 Å². The van der Waals surface area contributed by atoms with Crippen LogP contribution in [0.4, 0.5) is 10.1 Å². The topological polar surface area (TPSA) is 49.2 Å². The van der Waals surface area contributed by atoms with Crippen molar-refractivity contribution in [1.82, 2.24) is 9.80 Å². The third kappa shape index (κ3) is 5.85. The SMILES string of the molecule is O=C(c1ccco1)N1CCCC(COc2cccc(CN3CCN(c4ccccc4F)CC3)c2)C1. The summed E-state index contributed by atoms with van der Waals surface area (Å²) < 4.78 is 25.5. The highest BCUT2D eigenvalue weighted by Gasteiger charge is 2.26. The van der Waals surface area contributed by atoms with E-state index < -0.39 is 0 Å². The Morgan fingerprint density at radius 2 is 1.86 bits per heavy atom. The number of nitrogens with zero attached hydrogens (tertiary/aromatic N) is 3. The summed E-state index contributed by atoms with van der Waals surface area (Å²) in [5.41, 5.74) is 1.90. The molecule has 35 heavy (non-hydrogen) atoms. The average molecular weight is 478 g/mol. The van der Waals surface area contributed by atoms with Gasteiger partial charge in [-0.15, -0.1) is 0 Å². The minimum absolute atomic E-state index is 0.0446. The van der Waals surface area contributed by atoms with Gasteiger partial charge >= 0.3 is 0 Å². The Bertz CT molecular complexity index is 1110. The first-order chi connectivity index (χ1) is 17.2. The summed E-state index contributed by atoms with van der Waals surface area (Å²) in [7, 11) is 0. The number of carbonyl (C=O) groups excluding carboxylic acids is 1. The van der Waals surface area contributed by atoms with E-state index in [1.807, 2.05) is 29.2 Å². The molecular weight excluding hydrogens is 445 g/mol. The van der Waals surface area contributed by atoms with Gasteiger partial charge in [0.25, 0.3) is 5.91 Å². The minimum atomic E-state index is -0.155. The molecule has 0 spiro atoms. The Balaban J connectivity index is 1.10. The molecule has 2 saturated heterocycles. The fourth-order valence-electron chi connectivity index (χ4n) is 5.00. The summed E-state index contributed by atoms with van der Waals surface area (Å²) in [6.45, 7) is 6.28. The van der Waals surface area contributed by atoms with Crippen LogP contribution in [0.1, 0.15) is 29.0 Å². The van der Waals surface area contributed by atoms with Gasteiger partial charge in [0.05, 0.1) is 18.6 Å². The predicted molar refractivity (Wildman–Crippen MR) is 133 cm³/mol. The molecule has 184 valence electrons. The molecule has 2 aromatic carbocycles. The van der Waals surface area contributed by atoms with Gasteiger partial charge in [-0.1, -0.05) is 24.3 Å². The van der Waals surface area contributed by atoms with E-state index in [0.29, 0.717) is 30.5 Å². The highest BCUT2D eigenvalue weighted by atomic mass is 19.1. The first-order valence-electron chi connectivity index (χ1n) is 12.4. The van der Waals surface area contributed by atoms with Gasteiger partial charge in [0.2, 0.25) is 0 Å². The van der Waals surface area contributed by atoms with Crippen molar-refractivity contribution < 1.29 is 18.3 Å². The Labute approximate surface area is 205 Å². The van der Waals surface area contributed by atoms with Crippen LogP contribution in [0.15, 0.2) is 71.3 Å². The van der Waals surface area contributed by atoms with Crippen molar-refractivity contribution in [1.29, 1.82) is 0 Å². The minimum Gasteiger partial charge on any atom is -0.493 e. The van der Waals surface area contributed by atoms with E-state index in [2.05, 4.69) is 21.9 Å². The zero-order valence-electron chi connectivity index (χ0n) is 19.9. The molecule has 0 aliphatic carbocycles. The van der Waals surface area contributed by atoms with Crippen molar-refractivity contribution in [3.05, 3.63) is 84.1 Å². The second-order valence-electron chi connectivity index (χ2n) is 9.41. The summed E-state index contributed by atoms with van der Waals surface area (Å²) >= 11 is 0. The summed E-state index contributed by atoms with van der Waals surface area (Å²) in [4.78, 5) is 19.0. The Morgan fingerprint density at radius 1 is 1.00 bits per heavy atom. The first kappa shape index (κ1) is 23.4. The molecule has 0 N–H and O–H groups in total. The molecule has 6 nitrogen and oxygen atoms in total. The lowest BCUT2D eigenvalue weighted by molar-refractivity contribution is 0.0602. The van der Waals surface area contributed by atoms with Gasteiger partial charge in [-0.3, -0.25) is 9.69 Å². The fraction of sp³-hybridized carbons (Fsp3) is 0.393. The number of hydrogen-bond acceptors (Lipinski definition) is 5. The van der Waals surface area contributed by atoms with Crippen molar-refractivity contribution >= 4 is 11.6 Å². The number of hydrogen-bond donors (Lipinski definition) is 0. The zero-order valence-corrected chi connectivity index (χ0v) is 19.9. The number of furan rings is 1. The molecule has 0 saturated carbocycles. The van der Waals surface area contributed by atoms with Crippen LogP contribution >= 0.6 is 0 Å². The smallest absolute Gasteiger partial charge is 0.289 e. The monoisotopic (exact) mass is 477 g/mol. The number of ether oxygens (including phenoxy) is 1. The maximum atomic E-state index is 14.1. The normalized spacial score (nSPS) is 19.1. The highest BCUT2D eigenvalue weighted by Crippen LogP contribution is 2.23. The van der Waals surface area contributed by atoms with Crippen LogP contribution in [-0.2, 0) is 6.54 Å². The molecular formula is C28H32FN3O3. The molecule has 2 fully saturated rings. The number of anilines is 1. The number of amides is 1. The quantitative estimate of drug-likeness (QED) is 0.495. The maximum absolute atomic E-state index is 14.1. The van der Waals surface area contributed by atoms with Gasteiger partial charge in [-0.2, -0.15) is 0 Å². The molecule has 7 heteroatoms. The lowest BCUT2D eigenvalue weighted by atomic mass is 9.98. The number of carbonyl (C=O) groups is 1. The zero-order chi connectivity index (χ0) is 24.0. The largest absolute Gasteiger partial charge is 0.493 e. The van der Waals surface area contributed by atoms with E-state index in [1.54, 1.807) is 18.2 Å². The van der Waals surface area contributed by atoms with Gasteiger partial charge < -0.3 is 19.0 Å². The van der Waals surface area contributed by atoms with Crippen molar-refractivity contribution in [3.63, 3.8) is 0 Å². The molecule has 0 radical (unpaired) electrons. The molecule has 3 heterocycles. The molecule has 5 rings (SSSR count). The summed E-state index contributed by atoms with van der Waals surface area (Å²) in [5.74, 6) is 1.36. The Kier molecular flexibility index (Phi) is 7.33. The molecule has 1 unspecified atom stereocenters. The van der Waals surface area contributed by atoms with Crippen LogP contribution in [-0.4, -0.2) is 61.6 Å². The molecule has 2 aliphatic rings. The van der Waals surface area contributed by atoms with Crippen LogP contribution in [0.3, 0.4) is 0 Å². The van der Waals surface area contributed by atoms with E-state index in [9.17, 15) is 9.18 Å². The second kappa shape index (κ2) is 11.0. The number of para-hydroxylation sites is 1. The first-order valence-corrected chi connectivity index (χ1v) is 12.4. The maximum Gasteiger partial charge on any atom is 0.289 e. The van der Waals surface area contributed by atoms with E-state index >= 15 is 0 Å². The summed E-state index contributed by atoms with van der Waals surface area (Å²) in [5, 5.41) is 0. The molecule has 0 bridgehead atoms. The summed E-state index contributed by atoms with van der Waals surface area (Å²) in [6.07, 6.45) is 3.56. The number of benzene rings is 2. The Morgan fingerprint density at radius 3 is 2.66 bits per heavy atom. The highest BCUT2D eigenvalue weighted by molar-refractivity contribution is 5.91. The van der Waals surface area contributed by atoms with E-state index in [-0.39, 0.29) is 11.7 Å². The predicted octanol–water partition coefficient (Wildman–Crippen LogP) is 4.67. The van der Waals surface area contributed by atoms with E-state index in [0.717, 1.165) is 57.9 Å².